The Balaban J connectivity index is 2.57. The van der Waals surface area contributed by atoms with E-state index in [9.17, 15) is 13.6 Å². The summed E-state index contributed by atoms with van der Waals surface area (Å²) in [6.07, 6.45) is 1.81. The molecule has 6 heteroatoms. The van der Waals surface area contributed by atoms with Gasteiger partial charge in [0, 0.05) is 13.1 Å². The maximum absolute atomic E-state index is 13.8. The molecule has 0 saturated heterocycles. The summed E-state index contributed by atoms with van der Waals surface area (Å²) in [5.41, 5.74) is 0.492. The van der Waals surface area contributed by atoms with E-state index in [0.29, 0.717) is 25.2 Å². The van der Waals surface area contributed by atoms with E-state index < -0.39 is 24.0 Å². The second kappa shape index (κ2) is 9.28. The van der Waals surface area contributed by atoms with Crippen LogP contribution in [0.5, 0.6) is 5.75 Å². The van der Waals surface area contributed by atoms with Gasteiger partial charge in [-0.3, -0.25) is 4.79 Å². The molecule has 0 atom stereocenters. The minimum absolute atomic E-state index is 0.377. The van der Waals surface area contributed by atoms with E-state index in [1.165, 1.54) is 12.1 Å². The van der Waals surface area contributed by atoms with E-state index in [1.54, 1.807) is 0 Å². The predicted molar refractivity (Wildman–Crippen MR) is 77.2 cm³/mol. The number of halogens is 2. The zero-order valence-electron chi connectivity index (χ0n) is 12.5. The first-order valence-electron chi connectivity index (χ1n) is 7.16. The lowest BCUT2D eigenvalue weighted by Gasteiger charge is -2.10. The summed E-state index contributed by atoms with van der Waals surface area (Å²) < 4.78 is 32.5. The van der Waals surface area contributed by atoms with E-state index in [0.717, 1.165) is 12.8 Å². The van der Waals surface area contributed by atoms with Crippen LogP contribution in [0.2, 0.25) is 0 Å². The maximum Gasteiger partial charge on any atom is 0.257 e. The number of hydrogen-bond donors (Lipinski definition) is 2. The third-order valence-corrected chi connectivity index (χ3v) is 2.84. The third-order valence-electron chi connectivity index (χ3n) is 2.84. The van der Waals surface area contributed by atoms with Gasteiger partial charge in [0.25, 0.3) is 5.91 Å². The normalized spacial score (nSPS) is 10.5. The summed E-state index contributed by atoms with van der Waals surface area (Å²) in [5.74, 6) is -2.51. The van der Waals surface area contributed by atoms with Gasteiger partial charge in [-0.2, -0.15) is 0 Å². The molecule has 0 spiro atoms. The van der Waals surface area contributed by atoms with Crippen molar-refractivity contribution >= 4 is 5.91 Å². The van der Waals surface area contributed by atoms with E-state index in [-0.39, 0.29) is 5.91 Å². The van der Waals surface area contributed by atoms with Crippen molar-refractivity contribution in [2.45, 2.75) is 33.2 Å². The lowest BCUT2D eigenvalue weighted by molar-refractivity contribution is -0.123. The fraction of sp³-hybridized carbons (Fsp3) is 0.533. The molecule has 1 rings (SSSR count). The Morgan fingerprint density at radius 3 is 2.48 bits per heavy atom. The smallest absolute Gasteiger partial charge is 0.257 e. The molecule has 0 aromatic heterocycles. The lowest BCUT2D eigenvalue weighted by atomic mass is 10.2. The van der Waals surface area contributed by atoms with Gasteiger partial charge in [0.1, 0.15) is 0 Å². The molecule has 4 nitrogen and oxygen atoms in total. The summed E-state index contributed by atoms with van der Waals surface area (Å²) in [5, 5.41) is 5.59. The van der Waals surface area contributed by atoms with E-state index >= 15 is 0 Å². The highest BCUT2D eigenvalue weighted by molar-refractivity contribution is 5.77. The van der Waals surface area contributed by atoms with Crippen LogP contribution in [0.4, 0.5) is 8.78 Å². The van der Waals surface area contributed by atoms with Crippen molar-refractivity contribution in [2.24, 2.45) is 0 Å². The first kappa shape index (κ1) is 17.4. The first-order chi connectivity index (χ1) is 10.1. The Kier molecular flexibility index (Phi) is 7.68. The molecule has 0 radical (unpaired) electrons. The number of benzene rings is 1. The van der Waals surface area contributed by atoms with Gasteiger partial charge < -0.3 is 15.4 Å². The van der Waals surface area contributed by atoms with Gasteiger partial charge in [0.15, 0.2) is 24.0 Å². The van der Waals surface area contributed by atoms with Crippen LogP contribution in [-0.4, -0.2) is 25.6 Å². The molecular formula is C15H22F2N2O2. The van der Waals surface area contributed by atoms with Gasteiger partial charge >= 0.3 is 0 Å². The maximum atomic E-state index is 13.8. The molecule has 2 N–H and O–H groups in total. The Bertz CT molecular complexity index is 444. The van der Waals surface area contributed by atoms with Crippen molar-refractivity contribution < 1.29 is 18.3 Å². The number of carbonyl (C=O) groups excluding carboxylic acids is 1. The fourth-order valence-corrected chi connectivity index (χ4v) is 1.71. The first-order valence-corrected chi connectivity index (χ1v) is 7.16. The number of nitrogens with one attached hydrogen (secondary N) is 2. The van der Waals surface area contributed by atoms with Crippen LogP contribution in [0.15, 0.2) is 12.1 Å². The number of hydrogen-bond acceptors (Lipinski definition) is 3. The van der Waals surface area contributed by atoms with Crippen molar-refractivity contribution in [3.63, 3.8) is 0 Å². The standard InChI is InChI=1S/C15H22F2N2O2/c1-3-5-6-19-14(20)10-21-15-12(16)7-11(8-13(15)17)9-18-4-2/h7-8,18H,3-6,9-10H2,1-2H3,(H,19,20). The monoisotopic (exact) mass is 300 g/mol. The van der Waals surface area contributed by atoms with Crippen LogP contribution in [0.3, 0.4) is 0 Å². The molecule has 0 aliphatic heterocycles. The van der Waals surface area contributed by atoms with Gasteiger partial charge in [-0.15, -0.1) is 0 Å². The summed E-state index contributed by atoms with van der Waals surface area (Å²) in [6, 6.07) is 2.41. The molecule has 0 aliphatic rings. The van der Waals surface area contributed by atoms with Crippen molar-refractivity contribution in [1.29, 1.82) is 0 Å². The van der Waals surface area contributed by atoms with Crippen LogP contribution in [0.1, 0.15) is 32.3 Å². The van der Waals surface area contributed by atoms with Gasteiger partial charge in [-0.25, -0.2) is 8.78 Å². The number of amides is 1. The minimum Gasteiger partial charge on any atom is -0.478 e. The number of carbonyl (C=O) groups is 1. The topological polar surface area (TPSA) is 50.4 Å². The zero-order chi connectivity index (χ0) is 15.7. The zero-order valence-corrected chi connectivity index (χ0v) is 12.5. The molecule has 118 valence electrons. The molecule has 0 unspecified atom stereocenters. The van der Waals surface area contributed by atoms with Crippen LogP contribution in [0, 0.1) is 11.6 Å². The molecule has 0 saturated carbocycles. The van der Waals surface area contributed by atoms with Crippen molar-refractivity contribution in [1.82, 2.24) is 10.6 Å². The van der Waals surface area contributed by atoms with Crippen molar-refractivity contribution in [3.8, 4) is 5.75 Å². The highest BCUT2D eigenvalue weighted by Gasteiger charge is 2.14. The van der Waals surface area contributed by atoms with E-state index in [1.807, 2.05) is 13.8 Å². The van der Waals surface area contributed by atoms with Crippen LogP contribution < -0.4 is 15.4 Å². The quantitative estimate of drug-likeness (QED) is 0.688. The molecule has 0 heterocycles. The van der Waals surface area contributed by atoms with Gasteiger partial charge in [0.2, 0.25) is 0 Å². The molecule has 21 heavy (non-hydrogen) atoms. The SMILES string of the molecule is CCCCNC(=O)COc1c(F)cc(CNCC)cc1F. The van der Waals surface area contributed by atoms with Crippen LogP contribution in [-0.2, 0) is 11.3 Å². The molecule has 0 bridgehead atoms. The van der Waals surface area contributed by atoms with Crippen molar-refractivity contribution in [2.75, 3.05) is 19.7 Å². The van der Waals surface area contributed by atoms with E-state index in [4.69, 9.17) is 4.74 Å². The molecule has 1 amide bonds. The van der Waals surface area contributed by atoms with Gasteiger partial charge in [-0.1, -0.05) is 20.3 Å². The Morgan fingerprint density at radius 2 is 1.90 bits per heavy atom. The summed E-state index contributed by atoms with van der Waals surface area (Å²) in [7, 11) is 0. The molecule has 0 aliphatic carbocycles. The average molecular weight is 300 g/mol. The summed E-state index contributed by atoms with van der Waals surface area (Å²) in [6.45, 7) is 5.13. The van der Waals surface area contributed by atoms with Crippen molar-refractivity contribution in [3.05, 3.63) is 29.3 Å². The van der Waals surface area contributed by atoms with Gasteiger partial charge in [0.05, 0.1) is 0 Å². The van der Waals surface area contributed by atoms with Gasteiger partial charge in [-0.05, 0) is 30.7 Å². The second-order valence-electron chi connectivity index (χ2n) is 4.66. The Morgan fingerprint density at radius 1 is 1.24 bits per heavy atom. The number of unbranched alkanes of at least 4 members (excludes halogenated alkanes) is 1. The molecule has 0 fully saturated rings. The molecular weight excluding hydrogens is 278 g/mol. The number of ether oxygens (including phenoxy) is 1. The lowest BCUT2D eigenvalue weighted by Crippen LogP contribution is -2.29. The average Bonchev–Trinajstić information content (AvgIpc) is 2.44. The highest BCUT2D eigenvalue weighted by atomic mass is 19.1. The summed E-state index contributed by atoms with van der Waals surface area (Å²) in [4.78, 5) is 11.4. The second-order valence-corrected chi connectivity index (χ2v) is 4.66. The fourth-order valence-electron chi connectivity index (χ4n) is 1.71. The third kappa shape index (κ3) is 6.08. The Labute approximate surface area is 123 Å². The Hall–Kier alpha value is -1.69. The summed E-state index contributed by atoms with van der Waals surface area (Å²) >= 11 is 0. The van der Waals surface area contributed by atoms with Crippen LogP contribution >= 0.6 is 0 Å². The molecule has 1 aromatic carbocycles. The number of rotatable bonds is 9. The van der Waals surface area contributed by atoms with E-state index in [2.05, 4.69) is 10.6 Å². The predicted octanol–water partition coefficient (Wildman–Crippen LogP) is 2.37. The van der Waals surface area contributed by atoms with Crippen LogP contribution in [0.25, 0.3) is 0 Å². The molecule has 1 aromatic rings. The largest absolute Gasteiger partial charge is 0.478 e. The minimum atomic E-state index is -0.802. The highest BCUT2D eigenvalue weighted by Crippen LogP contribution is 2.23.